The number of hydrogen-bond donors (Lipinski definition) is 0. The van der Waals surface area contributed by atoms with E-state index in [1.807, 2.05) is 41.0 Å². The Morgan fingerprint density at radius 3 is 1.29 bits per heavy atom. The lowest BCUT2D eigenvalue weighted by Crippen LogP contribution is -2.40. The molecule has 2 unspecified atom stereocenters. The standard InChI is InChI=1S/C79H42N4O3/c84-73-52-23-7-15-31-63(52)79(61-29-13-2-17-45(61)46-18-3-14-30-62(46)79)75-80-68-41-66-55(39-70(68)82(73)75)49-21-5-11-27-59(49)77(66)58-26-10-4-20-48(58)54-37-43(34-36-64(54)77)44-33-35-51-47-19-1-9-25-57(47)78(65(51)38-44)60-28-12-6-22-50(60)56-40-71-69(42-67(56)78)81-76-83(71)74(85)53-24-8-16-32-72(53)86-76/h1-42H. The Bertz CT molecular complexity index is 5770. The van der Waals surface area contributed by atoms with Gasteiger partial charge in [-0.2, -0.15) is 4.98 Å². The maximum Gasteiger partial charge on any atom is 0.310 e. The van der Waals surface area contributed by atoms with Gasteiger partial charge in [0.05, 0.1) is 38.3 Å². The van der Waals surface area contributed by atoms with Gasteiger partial charge in [0.2, 0.25) is 0 Å². The summed E-state index contributed by atoms with van der Waals surface area (Å²) < 4.78 is 9.92. The molecule has 0 bridgehead atoms. The van der Waals surface area contributed by atoms with Gasteiger partial charge in [-0.3, -0.25) is 14.2 Å². The van der Waals surface area contributed by atoms with Crippen molar-refractivity contribution in [2.75, 3.05) is 0 Å². The van der Waals surface area contributed by atoms with E-state index in [1.54, 1.807) is 4.40 Å². The van der Waals surface area contributed by atoms with Crippen molar-refractivity contribution >= 4 is 44.8 Å². The fourth-order valence-corrected chi connectivity index (χ4v) is 17.4. The number of nitrogens with zero attached hydrogens (tertiary/aromatic N) is 4. The summed E-state index contributed by atoms with van der Waals surface area (Å²) in [6.45, 7) is 0. The molecule has 7 heteroatoms. The smallest absolute Gasteiger partial charge is 0.310 e. The first-order chi connectivity index (χ1) is 42.5. The van der Waals surface area contributed by atoms with Crippen LogP contribution in [0.15, 0.2) is 264 Å². The van der Waals surface area contributed by atoms with Gasteiger partial charge in [-0.25, -0.2) is 9.38 Å². The Balaban J connectivity index is 0.772. The summed E-state index contributed by atoms with van der Waals surface area (Å²) in [5, 5.41) is 0.515. The lowest BCUT2D eigenvalue weighted by molar-refractivity contribution is 0.0951. The second-order valence-electron chi connectivity index (χ2n) is 24.1. The van der Waals surface area contributed by atoms with E-state index < -0.39 is 16.2 Å². The Morgan fingerprint density at radius 2 is 0.709 bits per heavy atom. The minimum Gasteiger partial charge on any atom is -0.424 e. The molecule has 7 nitrogen and oxygen atoms in total. The molecule has 12 aromatic carbocycles. The number of hydrogen-bond acceptors (Lipinski definition) is 5. The SMILES string of the molecule is O=C1c2ccccc2C2(c3ccccc3-c3ccccc32)c2nc3cc4c(cc3n21)-c1ccccc1C41c2ccccc2-c2cc(-c3ccc4c(c3)C3(c5ccccc5-4)c4ccccc4-c4cc5c(cc43)nc3oc4ccccc4c(=O)n35)ccc21. The summed E-state index contributed by atoms with van der Waals surface area (Å²) in [6.07, 6.45) is 0. The Morgan fingerprint density at radius 1 is 0.314 bits per heavy atom. The molecule has 0 amide bonds. The number of aromatic nitrogens is 4. The number of para-hydroxylation sites is 1. The molecular formula is C79H42N4O3. The quantitative estimate of drug-likeness (QED) is 0.164. The fraction of sp³-hybridized carbons (Fsp3) is 0.0380. The summed E-state index contributed by atoms with van der Waals surface area (Å²) in [6, 6.07) is 91.6. The molecule has 1 aliphatic heterocycles. The first-order valence-corrected chi connectivity index (χ1v) is 29.5. The predicted octanol–water partition coefficient (Wildman–Crippen LogP) is 16.7. The molecule has 396 valence electrons. The van der Waals surface area contributed by atoms with Crippen molar-refractivity contribution in [2.45, 2.75) is 16.2 Å². The number of carbonyl (C=O) groups is 1. The molecule has 21 rings (SSSR count). The third kappa shape index (κ3) is 4.96. The van der Waals surface area contributed by atoms with E-state index in [0.717, 1.165) is 94.7 Å². The van der Waals surface area contributed by atoms with Crippen LogP contribution in [0, 0.1) is 0 Å². The van der Waals surface area contributed by atoms with Gasteiger partial charge in [0, 0.05) is 5.56 Å². The first-order valence-electron chi connectivity index (χ1n) is 29.5. The normalized spacial score (nSPS) is 17.6. The summed E-state index contributed by atoms with van der Waals surface area (Å²) in [4.78, 5) is 40.4. The zero-order valence-electron chi connectivity index (χ0n) is 45.8. The average molecular weight is 1100 g/mol. The highest BCUT2D eigenvalue weighted by molar-refractivity contribution is 6.09. The molecule has 2 atom stereocenters. The molecule has 5 aliphatic carbocycles. The van der Waals surface area contributed by atoms with E-state index in [9.17, 15) is 4.79 Å². The van der Waals surface area contributed by atoms with Crippen molar-refractivity contribution in [3.63, 3.8) is 0 Å². The second kappa shape index (κ2) is 15.3. The number of fused-ring (bicyclic) bond motifs is 35. The van der Waals surface area contributed by atoms with Crippen molar-refractivity contribution in [3.05, 3.63) is 338 Å². The average Bonchev–Trinajstić information content (AvgIpc) is 1.55. The molecule has 6 aliphatic rings. The van der Waals surface area contributed by atoms with Crippen LogP contribution in [-0.4, -0.2) is 24.8 Å². The van der Waals surface area contributed by atoms with Crippen molar-refractivity contribution in [2.24, 2.45) is 0 Å². The monoisotopic (exact) mass is 1090 g/mol. The number of imidazole rings is 2. The third-order valence-electron chi connectivity index (χ3n) is 20.6. The topological polar surface area (TPSA) is 82.4 Å². The van der Waals surface area contributed by atoms with Crippen LogP contribution < -0.4 is 5.56 Å². The van der Waals surface area contributed by atoms with Crippen LogP contribution in [0.2, 0.25) is 0 Å². The molecule has 0 radical (unpaired) electrons. The van der Waals surface area contributed by atoms with Crippen molar-refractivity contribution in [1.29, 1.82) is 0 Å². The van der Waals surface area contributed by atoms with E-state index in [2.05, 4.69) is 218 Å². The minimum atomic E-state index is -0.818. The van der Waals surface area contributed by atoms with E-state index in [1.165, 1.54) is 55.6 Å². The van der Waals surface area contributed by atoms with Gasteiger partial charge < -0.3 is 4.42 Å². The largest absolute Gasteiger partial charge is 0.424 e. The predicted molar refractivity (Wildman–Crippen MR) is 337 cm³/mol. The van der Waals surface area contributed by atoms with E-state index in [-0.39, 0.29) is 17.3 Å². The van der Waals surface area contributed by atoms with E-state index >= 15 is 4.79 Å². The van der Waals surface area contributed by atoms with Gasteiger partial charge in [0.25, 0.3) is 11.5 Å². The van der Waals surface area contributed by atoms with Crippen LogP contribution >= 0.6 is 0 Å². The summed E-state index contributed by atoms with van der Waals surface area (Å²) in [5.74, 6) is 0.943. The second-order valence-corrected chi connectivity index (χ2v) is 24.1. The molecule has 15 aromatic rings. The van der Waals surface area contributed by atoms with E-state index in [4.69, 9.17) is 14.4 Å². The van der Waals surface area contributed by atoms with Gasteiger partial charge >= 0.3 is 5.84 Å². The van der Waals surface area contributed by atoms with Gasteiger partial charge in [-0.05, 0) is 183 Å². The van der Waals surface area contributed by atoms with Gasteiger partial charge in [-0.15, -0.1) is 0 Å². The Hall–Kier alpha value is -11.3. The lowest BCUT2D eigenvalue weighted by atomic mass is 9.68. The maximum absolute atomic E-state index is 15.4. The van der Waals surface area contributed by atoms with Crippen molar-refractivity contribution in [1.82, 2.24) is 18.9 Å². The molecule has 0 saturated heterocycles. The van der Waals surface area contributed by atoms with Crippen LogP contribution in [0.5, 0.6) is 0 Å². The van der Waals surface area contributed by atoms with Crippen LogP contribution in [0.25, 0.3) is 106 Å². The third-order valence-corrected chi connectivity index (χ3v) is 20.6. The molecule has 4 heterocycles. The van der Waals surface area contributed by atoms with E-state index in [0.29, 0.717) is 22.0 Å². The summed E-state index contributed by atoms with van der Waals surface area (Å²) >= 11 is 0. The molecule has 0 saturated carbocycles. The van der Waals surface area contributed by atoms with Gasteiger partial charge in [0.1, 0.15) is 16.8 Å². The highest BCUT2D eigenvalue weighted by atomic mass is 16.4. The van der Waals surface area contributed by atoms with Crippen LogP contribution in [-0.2, 0) is 16.2 Å². The zero-order valence-corrected chi connectivity index (χ0v) is 45.8. The lowest BCUT2D eigenvalue weighted by Gasteiger charge is -2.37. The Labute approximate surface area is 491 Å². The number of benzene rings is 12. The van der Waals surface area contributed by atoms with Crippen molar-refractivity contribution in [3.8, 4) is 66.8 Å². The van der Waals surface area contributed by atoms with Gasteiger partial charge in [0.15, 0.2) is 0 Å². The molecule has 3 aromatic heterocycles. The minimum absolute atomic E-state index is 0.0634. The highest BCUT2D eigenvalue weighted by Gasteiger charge is 2.57. The fourth-order valence-electron chi connectivity index (χ4n) is 17.4. The summed E-state index contributed by atoms with van der Waals surface area (Å²) in [5.41, 5.74) is 28.5. The summed E-state index contributed by atoms with van der Waals surface area (Å²) in [7, 11) is 0. The molecule has 3 spiro atoms. The highest BCUT2D eigenvalue weighted by Crippen LogP contribution is 2.67. The van der Waals surface area contributed by atoms with Crippen molar-refractivity contribution < 1.29 is 9.21 Å². The van der Waals surface area contributed by atoms with Crippen LogP contribution in [0.3, 0.4) is 0 Å². The van der Waals surface area contributed by atoms with Crippen LogP contribution in [0.1, 0.15) is 77.4 Å². The van der Waals surface area contributed by atoms with Crippen LogP contribution in [0.4, 0.5) is 0 Å². The number of carbonyl (C=O) groups excluding carboxylic acids is 1. The molecule has 0 fully saturated rings. The first kappa shape index (κ1) is 45.3. The number of rotatable bonds is 1. The Kier molecular flexibility index (Phi) is 8.04. The molecular weight excluding hydrogens is 1050 g/mol. The zero-order chi connectivity index (χ0) is 56.1. The maximum atomic E-state index is 15.4. The van der Waals surface area contributed by atoms with Gasteiger partial charge in [-0.1, -0.05) is 200 Å². The molecule has 86 heavy (non-hydrogen) atoms. The molecule has 0 N–H and O–H groups in total.